The monoisotopic (exact) mass is 389 g/mol. The summed E-state index contributed by atoms with van der Waals surface area (Å²) in [6.45, 7) is 9.75. The van der Waals surface area contributed by atoms with Crippen molar-refractivity contribution in [2.45, 2.75) is 84.8 Å². The minimum Gasteiger partial charge on any atom is -0.381 e. The molecule has 0 aromatic carbocycles. The Morgan fingerprint density at radius 3 is 2.22 bits per heavy atom. The predicted molar refractivity (Wildman–Crippen MR) is 110 cm³/mol. The molecular formula is C21H43NO5. The van der Waals surface area contributed by atoms with Crippen LogP contribution < -0.4 is 5.32 Å². The third-order valence-electron chi connectivity index (χ3n) is 4.56. The minimum absolute atomic E-state index is 0. The lowest BCUT2D eigenvalue weighted by Gasteiger charge is -2.27. The molecule has 1 amide bonds. The molecule has 162 valence electrons. The zero-order valence-corrected chi connectivity index (χ0v) is 18.1. The summed E-state index contributed by atoms with van der Waals surface area (Å²) in [5.74, 6) is 0.286. The molecule has 27 heavy (non-hydrogen) atoms. The third-order valence-corrected chi connectivity index (χ3v) is 4.56. The van der Waals surface area contributed by atoms with E-state index in [4.69, 9.17) is 14.2 Å². The maximum atomic E-state index is 11.7. The summed E-state index contributed by atoms with van der Waals surface area (Å²) in [5, 5.41) is 2.82. The number of carbonyl (C=O) groups is 2. The molecule has 0 aromatic heterocycles. The van der Waals surface area contributed by atoms with Gasteiger partial charge in [-0.2, -0.15) is 0 Å². The van der Waals surface area contributed by atoms with E-state index in [1.54, 1.807) is 7.11 Å². The third kappa shape index (κ3) is 13.8. The van der Waals surface area contributed by atoms with Crippen LogP contribution in [0.1, 0.15) is 74.1 Å². The van der Waals surface area contributed by atoms with E-state index >= 15 is 0 Å². The average Bonchev–Trinajstić information content (AvgIpc) is 2.69. The highest BCUT2D eigenvalue weighted by atomic mass is 16.5. The lowest BCUT2D eigenvalue weighted by atomic mass is 9.95. The van der Waals surface area contributed by atoms with Gasteiger partial charge in [0.15, 0.2) is 0 Å². The van der Waals surface area contributed by atoms with Crippen LogP contribution in [0.15, 0.2) is 0 Å². The van der Waals surface area contributed by atoms with Gasteiger partial charge in [-0.1, -0.05) is 27.7 Å². The molecule has 0 bridgehead atoms. The first-order chi connectivity index (χ1) is 13.0. The molecule has 1 aliphatic carbocycles. The second kappa shape index (κ2) is 17.1. The van der Waals surface area contributed by atoms with Crippen molar-refractivity contribution in [1.82, 2.24) is 5.32 Å². The van der Waals surface area contributed by atoms with E-state index in [2.05, 4.69) is 5.32 Å². The van der Waals surface area contributed by atoms with Gasteiger partial charge in [-0.05, 0) is 32.1 Å². The van der Waals surface area contributed by atoms with Crippen molar-refractivity contribution in [2.24, 2.45) is 5.92 Å². The molecule has 1 saturated carbocycles. The van der Waals surface area contributed by atoms with E-state index in [9.17, 15) is 9.59 Å². The Labute approximate surface area is 167 Å². The largest absolute Gasteiger partial charge is 0.381 e. The van der Waals surface area contributed by atoms with Gasteiger partial charge < -0.3 is 19.5 Å². The smallest absolute Gasteiger partial charge is 0.220 e. The molecule has 0 aromatic rings. The fourth-order valence-electron chi connectivity index (χ4n) is 2.83. The Morgan fingerprint density at radius 1 is 1.00 bits per heavy atom. The van der Waals surface area contributed by atoms with Crippen LogP contribution in [-0.4, -0.2) is 57.4 Å². The van der Waals surface area contributed by atoms with Gasteiger partial charge >= 0.3 is 0 Å². The topological polar surface area (TPSA) is 73.9 Å². The number of ketones is 1. The summed E-state index contributed by atoms with van der Waals surface area (Å²) in [6.07, 6.45) is 6.55. The maximum absolute atomic E-state index is 11.7. The first-order valence-electron chi connectivity index (χ1n) is 10.5. The van der Waals surface area contributed by atoms with E-state index in [-0.39, 0.29) is 19.0 Å². The molecule has 6 nitrogen and oxygen atoms in total. The summed E-state index contributed by atoms with van der Waals surface area (Å²) < 4.78 is 16.5. The Morgan fingerprint density at radius 2 is 1.63 bits per heavy atom. The predicted octanol–water partition coefficient (Wildman–Crippen LogP) is 3.76. The van der Waals surface area contributed by atoms with Crippen molar-refractivity contribution >= 4 is 11.7 Å². The highest BCUT2D eigenvalue weighted by Crippen LogP contribution is 2.23. The number of hydrogen-bond acceptors (Lipinski definition) is 5. The van der Waals surface area contributed by atoms with Crippen LogP contribution >= 0.6 is 0 Å². The molecule has 0 aliphatic heterocycles. The molecule has 1 aliphatic rings. The molecule has 0 unspecified atom stereocenters. The fourth-order valence-corrected chi connectivity index (χ4v) is 2.83. The molecular weight excluding hydrogens is 346 g/mol. The van der Waals surface area contributed by atoms with E-state index in [0.29, 0.717) is 51.4 Å². The zero-order valence-electron chi connectivity index (χ0n) is 18.1. The number of nitrogens with one attached hydrogen (secondary N) is 1. The van der Waals surface area contributed by atoms with Crippen molar-refractivity contribution in [3.63, 3.8) is 0 Å². The first-order valence-corrected chi connectivity index (χ1v) is 10.5. The summed E-state index contributed by atoms with van der Waals surface area (Å²) in [5.41, 5.74) is 0. The SMILES string of the molecule is CC.COC1CCC(OCCCC(=O)NCCOCCC(=O)C(C)C)CC1.[HH]. The van der Waals surface area contributed by atoms with Gasteiger partial charge in [0.1, 0.15) is 5.78 Å². The number of ether oxygens (including phenoxy) is 3. The van der Waals surface area contributed by atoms with Crippen LogP contribution in [-0.2, 0) is 23.8 Å². The molecule has 0 saturated heterocycles. The van der Waals surface area contributed by atoms with Crippen molar-refractivity contribution in [3.8, 4) is 0 Å². The van der Waals surface area contributed by atoms with Gasteiger partial charge in [0.05, 0.1) is 25.4 Å². The van der Waals surface area contributed by atoms with E-state index < -0.39 is 0 Å². The highest BCUT2D eigenvalue weighted by Gasteiger charge is 2.20. The van der Waals surface area contributed by atoms with Gasteiger partial charge in [0, 0.05) is 40.4 Å². The lowest BCUT2D eigenvalue weighted by molar-refractivity contribution is -0.124. The summed E-state index contributed by atoms with van der Waals surface area (Å²) in [4.78, 5) is 23.1. The number of rotatable bonds is 13. The highest BCUT2D eigenvalue weighted by molar-refractivity contribution is 5.80. The second-order valence-electron chi connectivity index (χ2n) is 6.94. The van der Waals surface area contributed by atoms with E-state index in [1.165, 1.54) is 0 Å². The van der Waals surface area contributed by atoms with E-state index in [0.717, 1.165) is 32.1 Å². The minimum atomic E-state index is 0. The van der Waals surface area contributed by atoms with Gasteiger partial charge in [-0.3, -0.25) is 9.59 Å². The Bertz CT molecular complexity index is 385. The summed E-state index contributed by atoms with van der Waals surface area (Å²) in [7, 11) is 1.76. The van der Waals surface area contributed by atoms with Gasteiger partial charge in [-0.15, -0.1) is 0 Å². The number of methoxy groups -OCH3 is 1. The lowest BCUT2D eigenvalue weighted by Crippen LogP contribution is -2.28. The molecule has 0 spiro atoms. The van der Waals surface area contributed by atoms with Gasteiger partial charge in [0.2, 0.25) is 5.91 Å². The maximum Gasteiger partial charge on any atom is 0.220 e. The summed E-state index contributed by atoms with van der Waals surface area (Å²) >= 11 is 0. The molecule has 0 atom stereocenters. The standard InChI is InChI=1S/C19H35NO5.C2H6.H2/c1-15(2)18(21)10-13-24-14-11-20-19(22)5-4-12-25-17-8-6-16(23-3)7-9-17;1-2;/h15-17H,4-14H2,1-3H3,(H,20,22);1-2H3;1H. The van der Waals surface area contributed by atoms with Crippen LogP contribution in [0.3, 0.4) is 0 Å². The average molecular weight is 390 g/mol. The number of Topliss-reactive ketones (excluding diaryl/α,β-unsaturated/α-hetero) is 1. The van der Waals surface area contributed by atoms with Crippen LogP contribution in [0, 0.1) is 5.92 Å². The van der Waals surface area contributed by atoms with Crippen LogP contribution in [0.5, 0.6) is 0 Å². The molecule has 0 radical (unpaired) electrons. The van der Waals surface area contributed by atoms with Crippen LogP contribution in [0.25, 0.3) is 0 Å². The molecule has 0 heterocycles. The Hall–Kier alpha value is -0.980. The second-order valence-corrected chi connectivity index (χ2v) is 6.94. The van der Waals surface area contributed by atoms with Crippen molar-refractivity contribution < 1.29 is 25.2 Å². The quantitative estimate of drug-likeness (QED) is 0.486. The molecule has 1 N–H and O–H groups in total. The number of hydrogen-bond donors (Lipinski definition) is 1. The van der Waals surface area contributed by atoms with Gasteiger partial charge in [-0.25, -0.2) is 0 Å². The van der Waals surface area contributed by atoms with Crippen molar-refractivity contribution in [3.05, 3.63) is 0 Å². The molecule has 1 fully saturated rings. The van der Waals surface area contributed by atoms with Crippen LogP contribution in [0.4, 0.5) is 0 Å². The molecule has 6 heteroatoms. The van der Waals surface area contributed by atoms with E-state index in [1.807, 2.05) is 27.7 Å². The molecule has 1 rings (SSSR count). The number of carbonyl (C=O) groups excluding carboxylic acids is 2. The van der Waals surface area contributed by atoms with Crippen molar-refractivity contribution in [1.29, 1.82) is 0 Å². The zero-order chi connectivity index (χ0) is 20.5. The van der Waals surface area contributed by atoms with Crippen LogP contribution in [0.2, 0.25) is 0 Å². The summed E-state index contributed by atoms with van der Waals surface area (Å²) in [6, 6.07) is 0. The number of amides is 1. The first kappa shape index (κ1) is 26.0. The van der Waals surface area contributed by atoms with Gasteiger partial charge in [0.25, 0.3) is 0 Å². The Kier molecular flexibility index (Phi) is 16.5. The normalized spacial score (nSPS) is 19.3. The van der Waals surface area contributed by atoms with Crippen molar-refractivity contribution in [2.75, 3.05) is 33.5 Å². The Balaban J connectivity index is 0. The fraction of sp³-hybridized carbons (Fsp3) is 0.905.